The van der Waals surface area contributed by atoms with Crippen LogP contribution in [0.3, 0.4) is 0 Å². The van der Waals surface area contributed by atoms with Gasteiger partial charge in [0.25, 0.3) is 0 Å². The van der Waals surface area contributed by atoms with Gasteiger partial charge in [0.1, 0.15) is 0 Å². The molecule has 1 heterocycles. The van der Waals surface area contributed by atoms with Crippen LogP contribution in [0, 0.1) is 11.3 Å². The van der Waals surface area contributed by atoms with Crippen molar-refractivity contribution < 1.29 is 4.74 Å². The summed E-state index contributed by atoms with van der Waals surface area (Å²) >= 11 is 0. The van der Waals surface area contributed by atoms with E-state index in [9.17, 15) is 0 Å². The fourth-order valence-electron chi connectivity index (χ4n) is 2.53. The van der Waals surface area contributed by atoms with Crippen LogP contribution < -0.4 is 0 Å². The molecule has 0 aromatic rings. The van der Waals surface area contributed by atoms with E-state index < -0.39 is 0 Å². The largest absolute Gasteiger partial charge is 0.361 e. The second-order valence-electron chi connectivity index (χ2n) is 4.28. The minimum atomic E-state index is -0.189. The summed E-state index contributed by atoms with van der Waals surface area (Å²) in [4.78, 5) is 2.45. The average molecular weight is 194 g/mol. The van der Waals surface area contributed by atoms with Gasteiger partial charge in [0, 0.05) is 19.1 Å². The Labute approximate surface area is 85.6 Å². The maximum atomic E-state index is 8.81. The molecule has 1 saturated carbocycles. The van der Waals surface area contributed by atoms with Gasteiger partial charge in [-0.1, -0.05) is 19.3 Å². The lowest BCUT2D eigenvalue weighted by Crippen LogP contribution is -2.47. The van der Waals surface area contributed by atoms with Gasteiger partial charge in [0.05, 0.1) is 12.7 Å². The molecule has 3 heteroatoms. The predicted octanol–water partition coefficient (Wildman–Crippen LogP) is 1.54. The van der Waals surface area contributed by atoms with Crippen LogP contribution in [-0.4, -0.2) is 36.7 Å². The number of nitriles is 1. The van der Waals surface area contributed by atoms with Crippen LogP contribution in [0.4, 0.5) is 0 Å². The van der Waals surface area contributed by atoms with Crippen molar-refractivity contribution in [2.75, 3.05) is 19.7 Å². The first-order valence-electron chi connectivity index (χ1n) is 5.65. The van der Waals surface area contributed by atoms with Gasteiger partial charge in [-0.05, 0) is 12.8 Å². The molecule has 0 N–H and O–H groups in total. The maximum Gasteiger partial charge on any atom is 0.156 e. The van der Waals surface area contributed by atoms with E-state index >= 15 is 0 Å². The second-order valence-corrected chi connectivity index (χ2v) is 4.28. The van der Waals surface area contributed by atoms with Crippen molar-refractivity contribution in [2.45, 2.75) is 44.2 Å². The normalized spacial score (nSPS) is 31.2. The van der Waals surface area contributed by atoms with E-state index in [4.69, 9.17) is 10.00 Å². The molecule has 2 aliphatic rings. The van der Waals surface area contributed by atoms with Crippen LogP contribution in [0.1, 0.15) is 32.1 Å². The molecule has 1 aliphatic carbocycles. The van der Waals surface area contributed by atoms with Crippen LogP contribution >= 0.6 is 0 Å². The Morgan fingerprint density at radius 2 is 2.00 bits per heavy atom. The zero-order valence-corrected chi connectivity index (χ0v) is 8.61. The number of nitrogens with zero attached hydrogens (tertiary/aromatic N) is 2. The molecule has 14 heavy (non-hydrogen) atoms. The molecule has 1 atom stereocenters. The van der Waals surface area contributed by atoms with E-state index in [1.807, 2.05) is 0 Å². The Balaban J connectivity index is 1.87. The predicted molar refractivity (Wildman–Crippen MR) is 53.8 cm³/mol. The summed E-state index contributed by atoms with van der Waals surface area (Å²) in [6.45, 7) is 2.57. The second kappa shape index (κ2) is 4.77. The van der Waals surface area contributed by atoms with Crippen molar-refractivity contribution >= 4 is 0 Å². The highest BCUT2D eigenvalue weighted by atomic mass is 16.5. The Kier molecular flexibility index (Phi) is 3.39. The molecule has 0 radical (unpaired) electrons. The van der Waals surface area contributed by atoms with Gasteiger partial charge in [-0.2, -0.15) is 5.26 Å². The quantitative estimate of drug-likeness (QED) is 0.635. The number of hydrogen-bond donors (Lipinski definition) is 0. The minimum Gasteiger partial charge on any atom is -0.361 e. The van der Waals surface area contributed by atoms with Gasteiger partial charge < -0.3 is 4.74 Å². The molecule has 0 aromatic carbocycles. The molecule has 2 rings (SSSR count). The summed E-state index contributed by atoms with van der Waals surface area (Å²) < 4.78 is 5.35. The van der Waals surface area contributed by atoms with E-state index in [0.717, 1.165) is 25.7 Å². The molecular weight excluding hydrogens is 176 g/mol. The molecule has 0 bridgehead atoms. The summed E-state index contributed by atoms with van der Waals surface area (Å²) in [5.41, 5.74) is 0. The molecule has 1 saturated heterocycles. The summed E-state index contributed by atoms with van der Waals surface area (Å²) in [5, 5.41) is 8.81. The number of rotatable bonds is 1. The summed E-state index contributed by atoms with van der Waals surface area (Å²) in [6.07, 6.45) is 6.56. The topological polar surface area (TPSA) is 36.3 Å². The average Bonchev–Trinajstić information content (AvgIpc) is 2.30. The number of ether oxygens (including phenoxy) is 1. The van der Waals surface area contributed by atoms with E-state index in [0.29, 0.717) is 0 Å². The van der Waals surface area contributed by atoms with E-state index in [2.05, 4.69) is 11.0 Å². The third-order valence-electron chi connectivity index (χ3n) is 3.33. The Bertz CT molecular complexity index is 218. The highest BCUT2D eigenvalue weighted by molar-refractivity contribution is 4.91. The number of hydrogen-bond acceptors (Lipinski definition) is 3. The monoisotopic (exact) mass is 194 g/mol. The summed E-state index contributed by atoms with van der Waals surface area (Å²) in [6, 6.07) is 2.93. The van der Waals surface area contributed by atoms with Crippen LogP contribution in [0.25, 0.3) is 0 Å². The smallest absolute Gasteiger partial charge is 0.156 e. The Hall–Kier alpha value is -0.590. The van der Waals surface area contributed by atoms with Crippen LogP contribution in [0.5, 0.6) is 0 Å². The van der Waals surface area contributed by atoms with Gasteiger partial charge in [-0.25, -0.2) is 0 Å². The molecule has 0 aromatic heterocycles. The molecule has 1 aliphatic heterocycles. The summed E-state index contributed by atoms with van der Waals surface area (Å²) in [7, 11) is 0. The van der Waals surface area contributed by atoms with Gasteiger partial charge in [-0.15, -0.1) is 0 Å². The first-order valence-corrected chi connectivity index (χ1v) is 5.65. The van der Waals surface area contributed by atoms with E-state index in [1.165, 1.54) is 32.1 Å². The molecule has 0 unspecified atom stereocenters. The fourth-order valence-corrected chi connectivity index (χ4v) is 2.53. The minimum absolute atomic E-state index is 0.189. The standard InChI is InChI=1S/C11H18N2O/c12-8-11-9-13(6-7-14-11)10-4-2-1-3-5-10/h10-11H,1-7,9H2/t11-/m1/s1. The number of morpholine rings is 1. The zero-order chi connectivity index (χ0) is 9.80. The van der Waals surface area contributed by atoms with Gasteiger partial charge in [0.2, 0.25) is 0 Å². The van der Waals surface area contributed by atoms with Crippen molar-refractivity contribution in [3.8, 4) is 6.07 Å². The molecule has 78 valence electrons. The highest BCUT2D eigenvalue weighted by Crippen LogP contribution is 2.23. The lowest BCUT2D eigenvalue weighted by molar-refractivity contribution is -0.0230. The maximum absolute atomic E-state index is 8.81. The van der Waals surface area contributed by atoms with Gasteiger partial charge in [0.15, 0.2) is 6.10 Å². The van der Waals surface area contributed by atoms with Crippen LogP contribution in [-0.2, 0) is 4.74 Å². The Morgan fingerprint density at radius 3 is 2.71 bits per heavy atom. The first kappa shape index (κ1) is 9.95. The van der Waals surface area contributed by atoms with Gasteiger partial charge in [-0.3, -0.25) is 4.90 Å². The van der Waals surface area contributed by atoms with E-state index in [1.54, 1.807) is 0 Å². The van der Waals surface area contributed by atoms with Crippen molar-refractivity contribution in [1.82, 2.24) is 4.90 Å². The molecule has 0 spiro atoms. The SMILES string of the molecule is N#C[C@@H]1CN(C2CCCCC2)CCO1. The van der Waals surface area contributed by atoms with Crippen molar-refractivity contribution in [3.05, 3.63) is 0 Å². The van der Waals surface area contributed by atoms with Crippen molar-refractivity contribution in [1.29, 1.82) is 5.26 Å². The first-order chi connectivity index (χ1) is 6.90. The van der Waals surface area contributed by atoms with Gasteiger partial charge >= 0.3 is 0 Å². The zero-order valence-electron chi connectivity index (χ0n) is 8.61. The lowest BCUT2D eigenvalue weighted by atomic mass is 9.94. The fraction of sp³-hybridized carbons (Fsp3) is 0.909. The molecule has 3 nitrogen and oxygen atoms in total. The van der Waals surface area contributed by atoms with Crippen molar-refractivity contribution in [2.24, 2.45) is 0 Å². The highest BCUT2D eigenvalue weighted by Gasteiger charge is 2.26. The third-order valence-corrected chi connectivity index (χ3v) is 3.33. The Morgan fingerprint density at radius 1 is 1.21 bits per heavy atom. The van der Waals surface area contributed by atoms with Crippen molar-refractivity contribution in [3.63, 3.8) is 0 Å². The van der Waals surface area contributed by atoms with Crippen LogP contribution in [0.15, 0.2) is 0 Å². The molecular formula is C11H18N2O. The summed E-state index contributed by atoms with van der Waals surface area (Å²) in [5.74, 6) is 0. The molecule has 0 amide bonds. The third kappa shape index (κ3) is 2.26. The van der Waals surface area contributed by atoms with E-state index in [-0.39, 0.29) is 6.10 Å². The molecule has 2 fully saturated rings. The lowest BCUT2D eigenvalue weighted by Gasteiger charge is -2.38. The van der Waals surface area contributed by atoms with Crippen LogP contribution in [0.2, 0.25) is 0 Å².